The van der Waals surface area contributed by atoms with Gasteiger partial charge in [-0.15, -0.1) is 5.10 Å². The minimum Gasteiger partial charge on any atom is -0.354 e. The van der Waals surface area contributed by atoms with Gasteiger partial charge >= 0.3 is 15.6 Å². The van der Waals surface area contributed by atoms with Gasteiger partial charge in [-0.05, 0) is 0 Å². The molecular weight excluding hydrogens is 279 g/mol. The SMILES string of the molecule is CNC(=O)c1cc(OS(=O)(=O)C(F)(F)F)nn1C. The van der Waals surface area contributed by atoms with E-state index in [2.05, 4.69) is 14.6 Å². The maximum absolute atomic E-state index is 12.0. The Bertz CT molecular complexity index is 563. The van der Waals surface area contributed by atoms with Crippen molar-refractivity contribution in [2.75, 3.05) is 7.05 Å². The number of amides is 1. The molecule has 0 radical (unpaired) electrons. The Kier molecular flexibility index (Phi) is 3.55. The van der Waals surface area contributed by atoms with Crippen LogP contribution in [0.1, 0.15) is 10.5 Å². The molecule has 1 heterocycles. The summed E-state index contributed by atoms with van der Waals surface area (Å²) in [6, 6.07) is 0.780. The van der Waals surface area contributed by atoms with Gasteiger partial charge in [-0.2, -0.15) is 21.6 Å². The van der Waals surface area contributed by atoms with E-state index in [1.165, 1.54) is 14.1 Å². The van der Waals surface area contributed by atoms with Crippen LogP contribution >= 0.6 is 0 Å². The zero-order valence-corrected chi connectivity index (χ0v) is 9.96. The number of rotatable bonds is 3. The first-order chi connectivity index (χ1) is 8.08. The van der Waals surface area contributed by atoms with Gasteiger partial charge < -0.3 is 9.50 Å². The van der Waals surface area contributed by atoms with Crippen molar-refractivity contribution in [3.63, 3.8) is 0 Å². The van der Waals surface area contributed by atoms with Gasteiger partial charge in [-0.3, -0.25) is 9.48 Å². The van der Waals surface area contributed by atoms with Crippen LogP contribution in [0.5, 0.6) is 5.88 Å². The molecule has 0 aliphatic rings. The fourth-order valence-electron chi connectivity index (χ4n) is 0.982. The number of nitrogens with one attached hydrogen (secondary N) is 1. The highest BCUT2D eigenvalue weighted by molar-refractivity contribution is 7.87. The molecule has 0 spiro atoms. The predicted octanol–water partition coefficient (Wildman–Crippen LogP) is 0.00810. The summed E-state index contributed by atoms with van der Waals surface area (Å²) in [7, 11) is -3.25. The highest BCUT2D eigenvalue weighted by atomic mass is 32.2. The van der Waals surface area contributed by atoms with E-state index < -0.39 is 27.4 Å². The number of nitrogens with zero attached hydrogens (tertiary/aromatic N) is 2. The highest BCUT2D eigenvalue weighted by Gasteiger charge is 2.49. The Morgan fingerprint density at radius 2 is 2.06 bits per heavy atom. The second-order valence-corrected chi connectivity index (χ2v) is 4.59. The molecule has 0 bridgehead atoms. The molecule has 1 amide bonds. The molecule has 0 fully saturated rings. The zero-order chi connectivity index (χ0) is 14.1. The lowest BCUT2D eigenvalue weighted by molar-refractivity contribution is -0.0501. The molecule has 0 aromatic carbocycles. The fraction of sp³-hybridized carbons (Fsp3) is 0.429. The maximum Gasteiger partial charge on any atom is 0.534 e. The summed E-state index contributed by atoms with van der Waals surface area (Å²) in [4.78, 5) is 11.2. The van der Waals surface area contributed by atoms with Gasteiger partial charge in [0.15, 0.2) is 0 Å². The quantitative estimate of drug-likeness (QED) is 0.624. The van der Waals surface area contributed by atoms with Crippen LogP contribution in [0.25, 0.3) is 0 Å². The third-order valence-corrected chi connectivity index (χ3v) is 2.75. The van der Waals surface area contributed by atoms with Crippen LogP contribution < -0.4 is 9.50 Å². The van der Waals surface area contributed by atoms with Crippen LogP contribution in [-0.4, -0.2) is 36.7 Å². The van der Waals surface area contributed by atoms with Crippen molar-refractivity contribution in [1.82, 2.24) is 15.1 Å². The van der Waals surface area contributed by atoms with Crippen molar-refractivity contribution in [1.29, 1.82) is 0 Å². The lowest BCUT2D eigenvalue weighted by Crippen LogP contribution is -2.28. The molecule has 18 heavy (non-hydrogen) atoms. The second-order valence-electron chi connectivity index (χ2n) is 3.05. The van der Waals surface area contributed by atoms with E-state index in [0.717, 1.165) is 10.7 Å². The minimum absolute atomic E-state index is 0.148. The summed E-state index contributed by atoms with van der Waals surface area (Å²) < 4.78 is 62.1. The Hall–Kier alpha value is -1.78. The summed E-state index contributed by atoms with van der Waals surface area (Å²) in [5.74, 6) is -1.49. The molecule has 7 nitrogen and oxygen atoms in total. The first-order valence-electron chi connectivity index (χ1n) is 4.35. The van der Waals surface area contributed by atoms with Crippen LogP contribution in [-0.2, 0) is 17.2 Å². The average molecular weight is 287 g/mol. The van der Waals surface area contributed by atoms with Gasteiger partial charge in [-0.1, -0.05) is 0 Å². The molecule has 1 N–H and O–H groups in total. The van der Waals surface area contributed by atoms with Crippen LogP contribution in [0.15, 0.2) is 6.07 Å². The van der Waals surface area contributed by atoms with E-state index in [9.17, 15) is 26.4 Å². The summed E-state index contributed by atoms with van der Waals surface area (Å²) >= 11 is 0. The number of hydrogen-bond acceptors (Lipinski definition) is 5. The first-order valence-corrected chi connectivity index (χ1v) is 5.76. The molecule has 0 aliphatic carbocycles. The molecule has 0 saturated carbocycles. The summed E-state index contributed by atoms with van der Waals surface area (Å²) in [5.41, 5.74) is -5.71. The van der Waals surface area contributed by atoms with Gasteiger partial charge in [0, 0.05) is 20.2 Å². The molecule has 1 aromatic rings. The van der Waals surface area contributed by atoms with E-state index in [-0.39, 0.29) is 5.69 Å². The van der Waals surface area contributed by atoms with Crippen molar-refractivity contribution in [3.8, 4) is 5.88 Å². The number of alkyl halides is 3. The number of aryl methyl sites for hydroxylation is 1. The summed E-state index contributed by atoms with van der Waals surface area (Å²) in [6.07, 6.45) is 0. The third kappa shape index (κ3) is 2.72. The number of halogens is 3. The average Bonchev–Trinajstić information content (AvgIpc) is 2.55. The summed E-state index contributed by atoms with van der Waals surface area (Å²) in [6.45, 7) is 0. The van der Waals surface area contributed by atoms with Crippen molar-refractivity contribution >= 4 is 16.0 Å². The Morgan fingerprint density at radius 3 is 2.50 bits per heavy atom. The molecular formula is C7H8F3N3O4S. The minimum atomic E-state index is -5.79. The van der Waals surface area contributed by atoms with E-state index in [1.54, 1.807) is 0 Å². The van der Waals surface area contributed by atoms with E-state index in [4.69, 9.17) is 0 Å². The van der Waals surface area contributed by atoms with Crippen molar-refractivity contribution < 1.29 is 30.6 Å². The van der Waals surface area contributed by atoms with Crippen molar-refractivity contribution in [2.45, 2.75) is 5.51 Å². The molecule has 0 unspecified atom stereocenters. The molecule has 0 aliphatic heterocycles. The van der Waals surface area contributed by atoms with Gasteiger partial charge in [0.2, 0.25) is 0 Å². The topological polar surface area (TPSA) is 90.3 Å². The lowest BCUT2D eigenvalue weighted by atomic mass is 10.4. The van der Waals surface area contributed by atoms with Crippen molar-refractivity contribution in [2.24, 2.45) is 7.05 Å². The molecule has 0 atom stereocenters. The van der Waals surface area contributed by atoms with Crippen LogP contribution in [0.3, 0.4) is 0 Å². The standard InChI is InChI=1S/C7H8F3N3O4S/c1-11-6(14)4-3-5(12-13(4)2)17-18(15,16)7(8,9)10/h3H,1-2H3,(H,11,14). The van der Waals surface area contributed by atoms with Gasteiger partial charge in [0.1, 0.15) is 5.69 Å². The van der Waals surface area contributed by atoms with Crippen LogP contribution in [0.2, 0.25) is 0 Å². The highest BCUT2D eigenvalue weighted by Crippen LogP contribution is 2.26. The Balaban J connectivity index is 3.05. The van der Waals surface area contributed by atoms with E-state index >= 15 is 0 Å². The van der Waals surface area contributed by atoms with E-state index in [0.29, 0.717) is 0 Å². The Morgan fingerprint density at radius 1 is 1.50 bits per heavy atom. The normalized spacial score (nSPS) is 12.3. The van der Waals surface area contributed by atoms with Gasteiger partial charge in [0.05, 0.1) is 0 Å². The molecule has 1 aromatic heterocycles. The number of carbonyl (C=O) groups excluding carboxylic acids is 1. The molecule has 0 saturated heterocycles. The zero-order valence-electron chi connectivity index (χ0n) is 9.15. The van der Waals surface area contributed by atoms with Crippen LogP contribution in [0, 0.1) is 0 Å². The molecule has 1 rings (SSSR count). The smallest absolute Gasteiger partial charge is 0.354 e. The number of hydrogen-bond donors (Lipinski definition) is 1. The predicted molar refractivity (Wildman–Crippen MR) is 52.2 cm³/mol. The Labute approximate surface area is 99.7 Å². The number of carbonyl (C=O) groups is 1. The van der Waals surface area contributed by atoms with Crippen LogP contribution in [0.4, 0.5) is 13.2 Å². The lowest BCUT2D eigenvalue weighted by Gasteiger charge is -2.06. The van der Waals surface area contributed by atoms with Gasteiger partial charge in [0.25, 0.3) is 11.8 Å². The van der Waals surface area contributed by atoms with Crippen molar-refractivity contribution in [3.05, 3.63) is 11.8 Å². The second kappa shape index (κ2) is 4.48. The fourth-order valence-corrected chi connectivity index (χ4v) is 1.38. The van der Waals surface area contributed by atoms with E-state index in [1.807, 2.05) is 0 Å². The summed E-state index contributed by atoms with van der Waals surface area (Å²) in [5, 5.41) is 5.53. The first kappa shape index (κ1) is 14.3. The largest absolute Gasteiger partial charge is 0.534 e. The van der Waals surface area contributed by atoms with Gasteiger partial charge in [-0.25, -0.2) is 0 Å². The molecule has 11 heteroatoms. The third-order valence-electron chi connectivity index (χ3n) is 1.80. The molecule has 102 valence electrons. The number of aromatic nitrogens is 2. The monoisotopic (exact) mass is 287 g/mol. The maximum atomic E-state index is 12.0.